The molecule has 0 bridgehead atoms. The van der Waals surface area contributed by atoms with Crippen LogP contribution in [0.4, 0.5) is 13.2 Å². The molecule has 2 nitrogen and oxygen atoms in total. The van der Waals surface area contributed by atoms with E-state index in [0.717, 1.165) is 6.07 Å². The lowest BCUT2D eigenvalue weighted by atomic mass is 10.1. The molecule has 0 aliphatic rings. The molecule has 2 aromatic carbocycles. The van der Waals surface area contributed by atoms with Crippen molar-refractivity contribution in [2.75, 3.05) is 6.61 Å². The molecule has 0 radical (unpaired) electrons. The third kappa shape index (κ3) is 3.76. The molecule has 0 fully saturated rings. The van der Waals surface area contributed by atoms with Gasteiger partial charge in [-0.3, -0.25) is 0 Å². The van der Waals surface area contributed by atoms with Gasteiger partial charge >= 0.3 is 5.92 Å². The summed E-state index contributed by atoms with van der Waals surface area (Å²) < 4.78 is 46.4. The van der Waals surface area contributed by atoms with E-state index >= 15 is 0 Å². The number of aliphatic hydroxyl groups is 1. The predicted octanol–water partition coefficient (Wildman–Crippen LogP) is 4.05. The highest BCUT2D eigenvalue weighted by Gasteiger charge is 2.32. The van der Waals surface area contributed by atoms with Crippen molar-refractivity contribution in [3.63, 3.8) is 0 Å². The molecule has 1 atom stereocenters. The Hall–Kier alpha value is -2.01. The maximum atomic E-state index is 13.9. The van der Waals surface area contributed by atoms with Crippen molar-refractivity contribution in [3.05, 3.63) is 65.5 Å². The van der Waals surface area contributed by atoms with Crippen molar-refractivity contribution in [2.24, 2.45) is 0 Å². The summed E-state index contributed by atoms with van der Waals surface area (Å²) in [5, 5.41) is 9.30. The zero-order valence-corrected chi connectivity index (χ0v) is 11.4. The van der Waals surface area contributed by atoms with E-state index < -0.39 is 24.5 Å². The summed E-state index contributed by atoms with van der Waals surface area (Å²) in [6.45, 7) is 0.535. The van der Waals surface area contributed by atoms with E-state index in [1.807, 2.05) is 0 Å². The van der Waals surface area contributed by atoms with E-state index in [4.69, 9.17) is 4.74 Å². The second kappa shape index (κ2) is 6.18. The first-order valence-corrected chi connectivity index (χ1v) is 6.44. The van der Waals surface area contributed by atoms with E-state index in [-0.39, 0.29) is 16.9 Å². The minimum absolute atomic E-state index is 0.00694. The van der Waals surface area contributed by atoms with Crippen LogP contribution in [-0.4, -0.2) is 11.7 Å². The smallest absolute Gasteiger partial charge is 0.306 e. The maximum absolute atomic E-state index is 13.9. The Morgan fingerprint density at radius 3 is 2.38 bits per heavy atom. The maximum Gasteiger partial charge on any atom is 0.306 e. The molecular formula is C16H15F3O2. The Kier molecular flexibility index (Phi) is 4.53. The highest BCUT2D eigenvalue weighted by molar-refractivity contribution is 5.30. The van der Waals surface area contributed by atoms with E-state index in [1.165, 1.54) is 43.3 Å². The monoisotopic (exact) mass is 296 g/mol. The molecule has 0 aliphatic carbocycles. The van der Waals surface area contributed by atoms with Gasteiger partial charge in [-0.2, -0.15) is 8.78 Å². The Morgan fingerprint density at radius 2 is 1.81 bits per heavy atom. The Morgan fingerprint density at radius 1 is 1.14 bits per heavy atom. The van der Waals surface area contributed by atoms with Crippen LogP contribution < -0.4 is 4.74 Å². The van der Waals surface area contributed by atoms with Gasteiger partial charge in [0.1, 0.15) is 11.6 Å². The summed E-state index contributed by atoms with van der Waals surface area (Å²) in [5.74, 6) is -3.86. The average molecular weight is 296 g/mol. The van der Waals surface area contributed by atoms with Crippen molar-refractivity contribution in [1.82, 2.24) is 0 Å². The molecule has 0 heterocycles. The molecule has 0 amide bonds. The highest BCUT2D eigenvalue weighted by atomic mass is 19.3. The van der Waals surface area contributed by atoms with Crippen molar-refractivity contribution < 1.29 is 23.0 Å². The zero-order chi connectivity index (χ0) is 15.5. The predicted molar refractivity (Wildman–Crippen MR) is 72.9 cm³/mol. The molecule has 0 spiro atoms. The van der Waals surface area contributed by atoms with Gasteiger partial charge in [-0.15, -0.1) is 0 Å². The van der Waals surface area contributed by atoms with Gasteiger partial charge in [-0.25, -0.2) is 4.39 Å². The number of alkyl halides is 2. The zero-order valence-electron chi connectivity index (χ0n) is 11.4. The summed E-state index contributed by atoms with van der Waals surface area (Å²) >= 11 is 0. The molecule has 112 valence electrons. The third-order valence-electron chi connectivity index (χ3n) is 3.04. The van der Waals surface area contributed by atoms with Gasteiger partial charge in [0.2, 0.25) is 0 Å². The van der Waals surface area contributed by atoms with Crippen LogP contribution in [0.3, 0.4) is 0 Å². The van der Waals surface area contributed by atoms with Crippen LogP contribution in [0.2, 0.25) is 0 Å². The number of aliphatic hydroxyl groups excluding tert-OH is 1. The van der Waals surface area contributed by atoms with Gasteiger partial charge in [0, 0.05) is 17.2 Å². The van der Waals surface area contributed by atoms with Crippen LogP contribution in [-0.2, 0) is 5.92 Å². The molecule has 0 aliphatic heterocycles. The standard InChI is InChI=1S/C16H15F3O2/c1-11(20)14-8-7-13(9-15(14)17)21-10-16(18,19)12-5-3-2-4-6-12/h2-9,11,20H,10H2,1H3/t11-/m1/s1. The molecule has 0 aromatic heterocycles. The van der Waals surface area contributed by atoms with E-state index in [0.29, 0.717) is 0 Å². The number of rotatable bonds is 5. The first-order valence-electron chi connectivity index (χ1n) is 6.44. The molecule has 21 heavy (non-hydrogen) atoms. The van der Waals surface area contributed by atoms with Crippen LogP contribution in [0.1, 0.15) is 24.2 Å². The molecule has 2 rings (SSSR count). The van der Waals surface area contributed by atoms with Gasteiger partial charge in [0.25, 0.3) is 0 Å². The summed E-state index contributed by atoms with van der Waals surface area (Å²) in [6.07, 6.45) is -0.968. The minimum Gasteiger partial charge on any atom is -0.487 e. The summed E-state index contributed by atoms with van der Waals surface area (Å²) in [7, 11) is 0. The van der Waals surface area contributed by atoms with Crippen LogP contribution in [0.15, 0.2) is 48.5 Å². The normalized spacial score (nSPS) is 13.0. The molecular weight excluding hydrogens is 281 g/mol. The molecule has 1 N–H and O–H groups in total. The largest absolute Gasteiger partial charge is 0.487 e. The van der Waals surface area contributed by atoms with E-state index in [2.05, 4.69) is 0 Å². The molecule has 0 saturated carbocycles. The highest BCUT2D eigenvalue weighted by Crippen LogP contribution is 2.29. The fourth-order valence-corrected chi connectivity index (χ4v) is 1.88. The van der Waals surface area contributed by atoms with Gasteiger partial charge in [0.05, 0.1) is 6.10 Å². The quantitative estimate of drug-likeness (QED) is 0.902. The molecule has 2 aromatic rings. The second-order valence-electron chi connectivity index (χ2n) is 4.72. The van der Waals surface area contributed by atoms with Crippen molar-refractivity contribution >= 4 is 0 Å². The lowest BCUT2D eigenvalue weighted by Crippen LogP contribution is -2.23. The Balaban J connectivity index is 2.08. The number of hydrogen-bond donors (Lipinski definition) is 1. The van der Waals surface area contributed by atoms with Crippen LogP contribution >= 0.6 is 0 Å². The first kappa shape index (κ1) is 15.4. The fraction of sp³-hybridized carbons (Fsp3) is 0.250. The first-order chi connectivity index (χ1) is 9.90. The third-order valence-corrected chi connectivity index (χ3v) is 3.04. The van der Waals surface area contributed by atoms with E-state index in [1.54, 1.807) is 6.07 Å². The SMILES string of the molecule is C[C@@H](O)c1ccc(OCC(F)(F)c2ccccc2)cc1F. The summed E-state index contributed by atoms with van der Waals surface area (Å²) in [4.78, 5) is 0. The number of benzene rings is 2. The summed E-state index contributed by atoms with van der Waals surface area (Å²) in [5.41, 5.74) is -0.0664. The molecule has 0 saturated heterocycles. The van der Waals surface area contributed by atoms with Crippen molar-refractivity contribution in [2.45, 2.75) is 19.0 Å². The van der Waals surface area contributed by atoms with E-state index in [9.17, 15) is 18.3 Å². The van der Waals surface area contributed by atoms with Gasteiger partial charge in [-0.1, -0.05) is 30.3 Å². The topological polar surface area (TPSA) is 29.5 Å². The second-order valence-corrected chi connectivity index (χ2v) is 4.72. The number of halogens is 3. The van der Waals surface area contributed by atoms with Crippen LogP contribution in [0.25, 0.3) is 0 Å². The average Bonchev–Trinajstić information content (AvgIpc) is 2.46. The Labute approximate surface area is 120 Å². The number of ether oxygens (including phenoxy) is 1. The van der Waals surface area contributed by atoms with Crippen LogP contribution in [0, 0.1) is 5.82 Å². The van der Waals surface area contributed by atoms with Gasteiger partial charge < -0.3 is 9.84 Å². The van der Waals surface area contributed by atoms with Gasteiger partial charge in [0.15, 0.2) is 6.61 Å². The fourth-order valence-electron chi connectivity index (χ4n) is 1.88. The lowest BCUT2D eigenvalue weighted by Gasteiger charge is -2.18. The van der Waals surface area contributed by atoms with Crippen molar-refractivity contribution in [3.8, 4) is 5.75 Å². The van der Waals surface area contributed by atoms with Gasteiger partial charge in [-0.05, 0) is 19.1 Å². The Bertz CT molecular complexity index is 598. The van der Waals surface area contributed by atoms with Crippen LogP contribution in [0.5, 0.6) is 5.75 Å². The summed E-state index contributed by atoms with van der Waals surface area (Å²) in [6, 6.07) is 10.9. The minimum atomic E-state index is -3.17. The number of hydrogen-bond acceptors (Lipinski definition) is 2. The van der Waals surface area contributed by atoms with Crippen molar-refractivity contribution in [1.29, 1.82) is 0 Å². The lowest BCUT2D eigenvalue weighted by molar-refractivity contribution is -0.0468. The molecule has 0 unspecified atom stereocenters. The molecule has 5 heteroatoms.